The lowest BCUT2D eigenvalue weighted by atomic mass is 10.0. The van der Waals surface area contributed by atoms with Crippen LogP contribution in [0.2, 0.25) is 5.02 Å². The lowest BCUT2D eigenvalue weighted by Gasteiger charge is -2.16. The molecule has 0 saturated carbocycles. The van der Waals surface area contributed by atoms with E-state index >= 15 is 0 Å². The number of nitrogens with zero attached hydrogens (tertiary/aromatic N) is 4. The van der Waals surface area contributed by atoms with Gasteiger partial charge in [0.05, 0.1) is 41.5 Å². The number of ether oxygens (including phenoxy) is 2. The average Bonchev–Trinajstić information content (AvgIpc) is 3.67. The highest BCUT2D eigenvalue weighted by atomic mass is 35.5. The van der Waals surface area contributed by atoms with Crippen molar-refractivity contribution in [3.8, 4) is 28.3 Å². The second-order valence-corrected chi connectivity index (χ2v) is 13.6. The highest BCUT2D eigenvalue weighted by Gasteiger charge is 2.32. The Morgan fingerprint density at radius 1 is 1.04 bits per heavy atom. The Bertz CT molecular complexity index is 2180. The molecule has 0 spiro atoms. The number of rotatable bonds is 11. The molecule has 0 saturated heterocycles. The molecule has 3 aromatic carbocycles. The predicted octanol–water partition coefficient (Wildman–Crippen LogP) is 6.17. The zero-order valence-corrected chi connectivity index (χ0v) is 29.3. The molecule has 0 fully saturated rings. The molecule has 0 aliphatic heterocycles. The van der Waals surface area contributed by atoms with Crippen molar-refractivity contribution >= 4 is 50.3 Å². The van der Waals surface area contributed by atoms with Gasteiger partial charge in [-0.3, -0.25) is 4.79 Å². The van der Waals surface area contributed by atoms with Crippen LogP contribution in [0.1, 0.15) is 18.2 Å². The van der Waals surface area contributed by atoms with Crippen LogP contribution in [0.15, 0.2) is 73.1 Å². The molecule has 0 aliphatic carbocycles. The van der Waals surface area contributed by atoms with Crippen LogP contribution in [0.25, 0.3) is 27.7 Å². The quantitative estimate of drug-likeness (QED) is 0.142. The van der Waals surface area contributed by atoms with Gasteiger partial charge in [-0.2, -0.15) is 35.1 Å². The maximum atomic E-state index is 13.1. The van der Waals surface area contributed by atoms with E-state index in [4.69, 9.17) is 31.3 Å². The number of carbonyl (C=O) groups is 2. The smallest absolute Gasteiger partial charge is 0.416 e. The summed E-state index contributed by atoms with van der Waals surface area (Å²) in [5.41, 5.74) is 1.53. The van der Waals surface area contributed by atoms with Gasteiger partial charge in [0.15, 0.2) is 6.10 Å². The van der Waals surface area contributed by atoms with Crippen LogP contribution >= 0.6 is 11.6 Å². The van der Waals surface area contributed by atoms with Crippen molar-refractivity contribution in [2.45, 2.75) is 26.1 Å². The molecule has 0 unspecified atom stereocenters. The first kappa shape index (κ1) is 38.5. The van der Waals surface area contributed by atoms with E-state index in [0.29, 0.717) is 14.8 Å². The lowest BCUT2D eigenvalue weighted by molar-refractivity contribution is -0.144. The minimum atomic E-state index is -4.66. The molecule has 18 heteroatoms. The van der Waals surface area contributed by atoms with E-state index in [9.17, 15) is 31.2 Å². The third-order valence-electron chi connectivity index (χ3n) is 7.37. The number of aliphatic carboxylic acids is 2. The molecule has 0 bridgehead atoms. The zero-order valence-electron chi connectivity index (χ0n) is 27.8. The zero-order chi connectivity index (χ0) is 37.8. The van der Waals surface area contributed by atoms with Crippen molar-refractivity contribution in [1.82, 2.24) is 18.1 Å². The molecule has 0 amide bonds. The van der Waals surface area contributed by atoms with E-state index < -0.39 is 40.0 Å². The molecule has 1 atom stereocenters. The van der Waals surface area contributed by atoms with Crippen LogP contribution in [0, 0.1) is 6.92 Å². The van der Waals surface area contributed by atoms with E-state index in [1.165, 1.54) is 27.9 Å². The predicted molar refractivity (Wildman–Crippen MR) is 184 cm³/mol. The number of fused-ring (bicyclic) bond motifs is 1. The number of carboxylic acid groups (broad SMARTS) is 2. The van der Waals surface area contributed by atoms with Crippen LogP contribution in [0.4, 0.5) is 18.9 Å². The first-order chi connectivity index (χ1) is 23.8. The summed E-state index contributed by atoms with van der Waals surface area (Å²) in [5, 5.41) is 26.3. The normalized spacial score (nSPS) is 12.3. The van der Waals surface area contributed by atoms with Crippen molar-refractivity contribution in [2.24, 2.45) is 0 Å². The van der Waals surface area contributed by atoms with Crippen LogP contribution in [-0.2, 0) is 26.0 Å². The van der Waals surface area contributed by atoms with Gasteiger partial charge in [-0.1, -0.05) is 11.6 Å². The number of anilines is 1. The molecule has 13 nitrogen and oxygen atoms in total. The van der Waals surface area contributed by atoms with Crippen molar-refractivity contribution in [1.29, 1.82) is 0 Å². The Morgan fingerprint density at radius 2 is 1.75 bits per heavy atom. The molecule has 2 aromatic heterocycles. The van der Waals surface area contributed by atoms with E-state index in [-0.39, 0.29) is 29.1 Å². The second kappa shape index (κ2) is 15.3. The number of carboxylic acids is 2. The summed E-state index contributed by atoms with van der Waals surface area (Å²) in [6.45, 7) is 2.47. The Labute approximate surface area is 295 Å². The summed E-state index contributed by atoms with van der Waals surface area (Å²) in [6, 6.07) is 15.6. The number of benzene rings is 3. The standard InChI is InChI=1S/C17H15ClN2O3.C16H18F3N3O5S/c1-23-13-3-5-15-11(8-13)6-7-20(15)16-9-12(18)2-4-14(16)19-10-17(21)22;1-9-13(8-22(20-9)28(25,26)21(3)4)12-7-11(16(17,18)19)5-6-14(12)27-10(2)15(23)24/h2-9,19H,10H2,1H3,(H,21,22);5-8,10H,1-4H3,(H,23,24)/t;10-/m.0/s1. The molecule has 5 rings (SSSR count). The Balaban J connectivity index is 0.000000233. The number of hydrogen-bond donors (Lipinski definition) is 3. The monoisotopic (exact) mass is 751 g/mol. The van der Waals surface area contributed by atoms with Crippen LogP contribution in [0.5, 0.6) is 11.5 Å². The van der Waals surface area contributed by atoms with Gasteiger partial charge in [-0.25, -0.2) is 4.79 Å². The summed E-state index contributed by atoms with van der Waals surface area (Å²) in [6.07, 6.45) is -3.03. The molecule has 51 heavy (non-hydrogen) atoms. The van der Waals surface area contributed by atoms with Crippen molar-refractivity contribution in [3.05, 3.63) is 89.3 Å². The van der Waals surface area contributed by atoms with Crippen molar-refractivity contribution in [2.75, 3.05) is 33.1 Å². The highest BCUT2D eigenvalue weighted by molar-refractivity contribution is 7.87. The number of aromatic nitrogens is 3. The summed E-state index contributed by atoms with van der Waals surface area (Å²) >= 11 is 6.12. The Kier molecular flexibility index (Phi) is 11.6. The van der Waals surface area contributed by atoms with Crippen LogP contribution in [-0.4, -0.2) is 82.5 Å². The molecule has 0 aliphatic rings. The molecule has 5 aromatic rings. The van der Waals surface area contributed by atoms with Gasteiger partial charge in [0.2, 0.25) is 0 Å². The van der Waals surface area contributed by atoms with Gasteiger partial charge in [-0.15, -0.1) is 0 Å². The molecule has 2 heterocycles. The third-order valence-corrected chi connectivity index (χ3v) is 9.19. The molecule has 0 radical (unpaired) electrons. The highest BCUT2D eigenvalue weighted by Crippen LogP contribution is 2.39. The van der Waals surface area contributed by atoms with E-state index in [1.807, 2.05) is 35.0 Å². The van der Waals surface area contributed by atoms with Crippen molar-refractivity contribution in [3.63, 3.8) is 0 Å². The summed E-state index contributed by atoms with van der Waals surface area (Å²) in [7, 11) is 0.190. The maximum Gasteiger partial charge on any atom is 0.416 e. The van der Waals surface area contributed by atoms with Gasteiger partial charge >= 0.3 is 28.3 Å². The lowest BCUT2D eigenvalue weighted by Crippen LogP contribution is -2.29. The van der Waals surface area contributed by atoms with Gasteiger partial charge in [0, 0.05) is 41.8 Å². The maximum absolute atomic E-state index is 13.1. The molecular weight excluding hydrogens is 719 g/mol. The average molecular weight is 752 g/mol. The van der Waals surface area contributed by atoms with Gasteiger partial charge < -0.3 is 29.6 Å². The number of halogens is 4. The third kappa shape index (κ3) is 8.92. The fourth-order valence-corrected chi connectivity index (χ4v) is 5.69. The van der Waals surface area contributed by atoms with E-state index in [0.717, 1.165) is 51.0 Å². The van der Waals surface area contributed by atoms with Gasteiger partial charge in [0.25, 0.3) is 0 Å². The Morgan fingerprint density at radius 3 is 2.35 bits per heavy atom. The number of nitrogens with one attached hydrogen (secondary N) is 1. The fourth-order valence-electron chi connectivity index (χ4n) is 4.73. The van der Waals surface area contributed by atoms with Gasteiger partial charge in [0.1, 0.15) is 18.0 Å². The fraction of sp³-hybridized carbons (Fsp3) is 0.242. The molecule has 3 N–H and O–H groups in total. The first-order valence-corrected chi connectivity index (χ1v) is 16.6. The minimum absolute atomic E-state index is 0.0594. The molecule has 272 valence electrons. The summed E-state index contributed by atoms with van der Waals surface area (Å²) < 4.78 is 77.9. The Hall–Kier alpha value is -5.26. The van der Waals surface area contributed by atoms with Crippen molar-refractivity contribution < 1.29 is 50.9 Å². The van der Waals surface area contributed by atoms with Crippen LogP contribution < -0.4 is 14.8 Å². The van der Waals surface area contributed by atoms with Gasteiger partial charge in [-0.05, 0) is 74.5 Å². The number of aryl methyl sites for hydroxylation is 1. The summed E-state index contributed by atoms with van der Waals surface area (Å²) in [5.74, 6) is -1.60. The second-order valence-electron chi connectivity index (χ2n) is 11.1. The van der Waals surface area contributed by atoms with E-state index in [1.54, 1.807) is 25.3 Å². The van der Waals surface area contributed by atoms with Crippen LogP contribution in [0.3, 0.4) is 0 Å². The topological polar surface area (TPSA) is 165 Å². The number of methoxy groups -OCH3 is 1. The number of alkyl halides is 3. The molecular formula is C33H33ClF3N5O8S. The minimum Gasteiger partial charge on any atom is -0.497 e. The SMILES string of the molecule is COc1ccc2c(ccn2-c2cc(Cl)ccc2NCC(=O)O)c1.Cc1nn(S(=O)(=O)N(C)C)cc1-c1cc(C(F)(F)F)ccc1O[C@@H](C)C(=O)O. The largest absolute Gasteiger partial charge is 0.497 e. The number of hydrogen-bond acceptors (Lipinski definition) is 8. The summed E-state index contributed by atoms with van der Waals surface area (Å²) in [4.78, 5) is 21.9. The first-order valence-electron chi connectivity index (χ1n) is 14.8. The van der Waals surface area contributed by atoms with E-state index in [2.05, 4.69) is 10.4 Å².